The SMILES string of the molecule is N=C(N)C1(Cl)NSC=C1Cl. The van der Waals surface area contributed by atoms with Crippen molar-refractivity contribution in [3.05, 3.63) is 10.4 Å². The minimum absolute atomic E-state index is 0.194. The highest BCUT2D eigenvalue weighted by Gasteiger charge is 2.38. The smallest absolute Gasteiger partial charge is 0.196 e. The van der Waals surface area contributed by atoms with Gasteiger partial charge in [-0.15, -0.1) is 0 Å². The molecule has 0 saturated carbocycles. The summed E-state index contributed by atoms with van der Waals surface area (Å²) in [5.41, 5.74) is 5.17. The Balaban J connectivity index is 2.89. The van der Waals surface area contributed by atoms with E-state index in [0.717, 1.165) is 0 Å². The average Bonchev–Trinajstić information content (AvgIpc) is 2.15. The molecule has 1 heterocycles. The van der Waals surface area contributed by atoms with E-state index in [1.807, 2.05) is 0 Å². The molecule has 1 atom stereocenters. The van der Waals surface area contributed by atoms with Gasteiger partial charge in [-0.3, -0.25) is 5.41 Å². The van der Waals surface area contributed by atoms with Crippen LogP contribution in [-0.2, 0) is 0 Å². The molecule has 1 rings (SSSR count). The van der Waals surface area contributed by atoms with Gasteiger partial charge in [0.05, 0.1) is 5.03 Å². The molecule has 0 aromatic heterocycles. The zero-order chi connectivity index (χ0) is 7.78. The van der Waals surface area contributed by atoms with Gasteiger partial charge in [-0.1, -0.05) is 23.2 Å². The monoisotopic (exact) mass is 197 g/mol. The summed E-state index contributed by atoms with van der Waals surface area (Å²) in [5, 5.41) is 9.01. The predicted molar refractivity (Wildman–Crippen MR) is 45.2 cm³/mol. The molecule has 0 fully saturated rings. The van der Waals surface area contributed by atoms with Crippen molar-refractivity contribution in [3.63, 3.8) is 0 Å². The van der Waals surface area contributed by atoms with Crippen molar-refractivity contribution < 1.29 is 0 Å². The van der Waals surface area contributed by atoms with Crippen LogP contribution in [0.1, 0.15) is 0 Å². The number of hydrogen-bond acceptors (Lipinski definition) is 3. The van der Waals surface area contributed by atoms with Crippen LogP contribution in [-0.4, -0.2) is 10.8 Å². The van der Waals surface area contributed by atoms with Gasteiger partial charge in [0.1, 0.15) is 5.84 Å². The van der Waals surface area contributed by atoms with Gasteiger partial charge in [0.15, 0.2) is 5.00 Å². The highest BCUT2D eigenvalue weighted by molar-refractivity contribution is 8.00. The Kier molecular flexibility index (Phi) is 2.15. The molecule has 0 bridgehead atoms. The van der Waals surface area contributed by atoms with E-state index in [0.29, 0.717) is 5.03 Å². The number of nitrogens with two attached hydrogens (primary N) is 1. The van der Waals surface area contributed by atoms with Crippen LogP contribution in [0.25, 0.3) is 0 Å². The number of alkyl halides is 1. The van der Waals surface area contributed by atoms with Gasteiger partial charge < -0.3 is 5.73 Å². The van der Waals surface area contributed by atoms with E-state index < -0.39 is 5.00 Å². The summed E-state index contributed by atoms with van der Waals surface area (Å²) in [6, 6.07) is 0. The maximum Gasteiger partial charge on any atom is 0.196 e. The van der Waals surface area contributed by atoms with E-state index in [1.54, 1.807) is 5.41 Å². The maximum absolute atomic E-state index is 7.06. The molecule has 0 aromatic rings. The molecule has 0 aromatic carbocycles. The van der Waals surface area contributed by atoms with Crippen LogP contribution < -0.4 is 10.5 Å². The Bertz CT molecular complexity index is 205. The lowest BCUT2D eigenvalue weighted by Gasteiger charge is -2.18. The third-order valence-electron chi connectivity index (χ3n) is 1.06. The molecule has 10 heavy (non-hydrogen) atoms. The van der Waals surface area contributed by atoms with Crippen LogP contribution in [0.3, 0.4) is 0 Å². The standard InChI is InChI=1S/C4H5Cl2N3S/c5-2-1-10-9-4(2,6)3(7)8/h1,9H,(H3,7,8). The van der Waals surface area contributed by atoms with Crippen LogP contribution in [0, 0.1) is 5.41 Å². The Morgan fingerprint density at radius 3 is 2.70 bits per heavy atom. The largest absolute Gasteiger partial charge is 0.385 e. The normalized spacial score (nSPS) is 32.0. The third kappa shape index (κ3) is 1.12. The van der Waals surface area contributed by atoms with E-state index in [9.17, 15) is 0 Å². The van der Waals surface area contributed by atoms with E-state index in [1.165, 1.54) is 11.9 Å². The summed E-state index contributed by atoms with van der Waals surface area (Å²) in [4.78, 5) is -1.17. The van der Waals surface area contributed by atoms with Crippen molar-refractivity contribution in [2.45, 2.75) is 5.00 Å². The summed E-state index contributed by atoms with van der Waals surface area (Å²) in [7, 11) is 0. The molecular formula is C4H5Cl2N3S. The lowest BCUT2D eigenvalue weighted by molar-refractivity contribution is 0.881. The number of halogens is 2. The first-order chi connectivity index (χ1) is 4.57. The van der Waals surface area contributed by atoms with Gasteiger partial charge in [0, 0.05) is 5.41 Å². The molecule has 4 N–H and O–H groups in total. The third-order valence-corrected chi connectivity index (χ3v) is 3.07. The molecule has 56 valence electrons. The molecule has 0 radical (unpaired) electrons. The zero-order valence-electron chi connectivity index (χ0n) is 4.82. The molecule has 3 nitrogen and oxygen atoms in total. The topological polar surface area (TPSA) is 61.9 Å². The minimum atomic E-state index is -1.17. The van der Waals surface area contributed by atoms with E-state index in [2.05, 4.69) is 4.72 Å². The van der Waals surface area contributed by atoms with Crippen molar-refractivity contribution in [2.24, 2.45) is 5.73 Å². The van der Waals surface area contributed by atoms with E-state index in [-0.39, 0.29) is 5.84 Å². The van der Waals surface area contributed by atoms with Crippen molar-refractivity contribution >= 4 is 41.0 Å². The Labute approximate surface area is 72.6 Å². The fourth-order valence-electron chi connectivity index (χ4n) is 0.476. The lowest BCUT2D eigenvalue weighted by Crippen LogP contribution is -2.45. The van der Waals surface area contributed by atoms with E-state index in [4.69, 9.17) is 34.3 Å². The molecule has 6 heteroatoms. The van der Waals surface area contributed by atoms with Crippen LogP contribution >= 0.6 is 35.1 Å². The quantitative estimate of drug-likeness (QED) is 0.195. The Morgan fingerprint density at radius 1 is 1.90 bits per heavy atom. The maximum atomic E-state index is 7.06. The Morgan fingerprint density at radius 2 is 2.50 bits per heavy atom. The molecule has 1 aliphatic rings. The molecular weight excluding hydrogens is 193 g/mol. The van der Waals surface area contributed by atoms with Gasteiger partial charge >= 0.3 is 0 Å². The summed E-state index contributed by atoms with van der Waals surface area (Å²) >= 11 is 12.6. The van der Waals surface area contributed by atoms with Crippen LogP contribution in [0.5, 0.6) is 0 Å². The minimum Gasteiger partial charge on any atom is -0.385 e. The fraction of sp³-hybridized carbons (Fsp3) is 0.250. The molecule has 0 saturated heterocycles. The second-order valence-corrected chi connectivity index (χ2v) is 3.41. The van der Waals surface area contributed by atoms with Crippen molar-refractivity contribution in [3.8, 4) is 0 Å². The first-order valence-corrected chi connectivity index (χ1v) is 4.03. The first kappa shape index (κ1) is 8.20. The van der Waals surface area contributed by atoms with Crippen molar-refractivity contribution in [1.29, 1.82) is 5.41 Å². The molecule has 0 spiro atoms. The molecule has 0 amide bonds. The number of nitrogens with one attached hydrogen (secondary N) is 2. The average molecular weight is 198 g/mol. The zero-order valence-corrected chi connectivity index (χ0v) is 7.15. The van der Waals surface area contributed by atoms with Gasteiger partial charge in [0.2, 0.25) is 0 Å². The summed E-state index contributed by atoms with van der Waals surface area (Å²) in [6.45, 7) is 0. The fourth-order valence-corrected chi connectivity index (χ4v) is 1.79. The van der Waals surface area contributed by atoms with Crippen LogP contribution in [0.4, 0.5) is 0 Å². The Hall–Kier alpha value is 0.1000. The summed E-state index contributed by atoms with van der Waals surface area (Å²) < 4.78 is 2.69. The highest BCUT2D eigenvalue weighted by Crippen LogP contribution is 2.34. The second kappa shape index (κ2) is 2.62. The van der Waals surface area contributed by atoms with Gasteiger partial charge in [-0.25, -0.2) is 4.72 Å². The van der Waals surface area contributed by atoms with Gasteiger partial charge in [0.25, 0.3) is 0 Å². The van der Waals surface area contributed by atoms with Gasteiger partial charge in [-0.05, 0) is 11.9 Å². The van der Waals surface area contributed by atoms with Gasteiger partial charge in [-0.2, -0.15) is 0 Å². The van der Waals surface area contributed by atoms with E-state index >= 15 is 0 Å². The first-order valence-electron chi connectivity index (χ1n) is 2.40. The molecule has 1 aliphatic heterocycles. The van der Waals surface area contributed by atoms with Crippen LogP contribution in [0.15, 0.2) is 10.4 Å². The predicted octanol–water partition coefficient (Wildman–Crippen LogP) is 1.19. The molecule has 1 unspecified atom stereocenters. The van der Waals surface area contributed by atoms with Crippen LogP contribution in [0.2, 0.25) is 0 Å². The number of rotatable bonds is 1. The number of hydrogen-bond donors (Lipinski definition) is 3. The second-order valence-electron chi connectivity index (χ2n) is 1.76. The summed E-state index contributed by atoms with van der Waals surface area (Å²) in [5.74, 6) is -0.194. The van der Waals surface area contributed by atoms with Crippen molar-refractivity contribution in [2.75, 3.05) is 0 Å². The lowest BCUT2D eigenvalue weighted by atomic mass is 10.3. The number of amidine groups is 1. The molecule has 0 aliphatic carbocycles. The van der Waals surface area contributed by atoms with Crippen molar-refractivity contribution in [1.82, 2.24) is 4.72 Å². The highest BCUT2D eigenvalue weighted by atomic mass is 35.5. The summed E-state index contributed by atoms with van der Waals surface area (Å²) in [6.07, 6.45) is 0.